The molecule has 0 amide bonds. The van der Waals surface area contributed by atoms with E-state index in [4.69, 9.17) is 4.74 Å². The summed E-state index contributed by atoms with van der Waals surface area (Å²) in [6.45, 7) is 6.16. The number of carboxylic acid groups (broad SMARTS) is 2. The van der Waals surface area contributed by atoms with Gasteiger partial charge in [0.1, 0.15) is 0 Å². The van der Waals surface area contributed by atoms with Gasteiger partial charge in [0.05, 0.1) is 17.9 Å². The maximum Gasteiger partial charge on any atom is 0.310 e. The van der Waals surface area contributed by atoms with Crippen molar-refractivity contribution in [3.63, 3.8) is 0 Å². The highest BCUT2D eigenvalue weighted by molar-refractivity contribution is 5.83. The Morgan fingerprint density at radius 2 is 2.05 bits per heavy atom. The summed E-state index contributed by atoms with van der Waals surface area (Å²) in [6.07, 6.45) is 2.62. The Balaban J connectivity index is 2.73. The first-order valence-electron chi connectivity index (χ1n) is 6.58. The first-order valence-corrected chi connectivity index (χ1v) is 6.58. The van der Waals surface area contributed by atoms with E-state index in [0.717, 1.165) is 18.4 Å². The van der Waals surface area contributed by atoms with Gasteiger partial charge < -0.3 is 14.9 Å². The number of ether oxygens (including phenoxy) is 1. The smallest absolute Gasteiger partial charge is 0.310 e. The van der Waals surface area contributed by atoms with Crippen LogP contribution in [0.4, 0.5) is 0 Å². The molecule has 108 valence electrons. The highest BCUT2D eigenvalue weighted by Crippen LogP contribution is 2.44. The molecule has 0 heterocycles. The minimum atomic E-state index is -1.18. The Morgan fingerprint density at radius 3 is 2.58 bits per heavy atom. The molecule has 0 spiro atoms. The minimum Gasteiger partial charge on any atom is -0.481 e. The van der Waals surface area contributed by atoms with E-state index in [0.29, 0.717) is 19.4 Å². The molecule has 0 aromatic rings. The third-order valence-corrected chi connectivity index (χ3v) is 3.80. The summed E-state index contributed by atoms with van der Waals surface area (Å²) < 4.78 is 5.35. The molecule has 0 bridgehead atoms. The fourth-order valence-corrected chi connectivity index (χ4v) is 2.76. The first-order chi connectivity index (χ1) is 8.90. The lowest BCUT2D eigenvalue weighted by Crippen LogP contribution is -2.45. The molecule has 5 nitrogen and oxygen atoms in total. The molecule has 0 radical (unpaired) electrons. The van der Waals surface area contributed by atoms with Gasteiger partial charge in [-0.2, -0.15) is 0 Å². The fraction of sp³-hybridized carbons (Fsp3) is 0.714. The van der Waals surface area contributed by atoms with Crippen LogP contribution in [0.2, 0.25) is 0 Å². The summed E-state index contributed by atoms with van der Waals surface area (Å²) in [7, 11) is 0. The molecule has 1 fully saturated rings. The molecule has 0 aliphatic heterocycles. The zero-order chi connectivity index (χ0) is 14.5. The summed E-state index contributed by atoms with van der Waals surface area (Å²) in [5.41, 5.74) is -0.318. The predicted molar refractivity (Wildman–Crippen MR) is 69.9 cm³/mol. The first kappa shape index (κ1) is 15.7. The third-order valence-electron chi connectivity index (χ3n) is 3.80. The number of hydrogen-bond acceptors (Lipinski definition) is 3. The zero-order valence-electron chi connectivity index (χ0n) is 11.4. The monoisotopic (exact) mass is 270 g/mol. The lowest BCUT2D eigenvalue weighted by Gasteiger charge is -2.38. The summed E-state index contributed by atoms with van der Waals surface area (Å²) >= 11 is 0. The number of rotatable bonds is 7. The van der Waals surface area contributed by atoms with Crippen molar-refractivity contribution in [2.75, 3.05) is 13.2 Å². The van der Waals surface area contributed by atoms with Gasteiger partial charge in [0.15, 0.2) is 0 Å². The third kappa shape index (κ3) is 3.80. The number of carbonyl (C=O) groups is 2. The van der Waals surface area contributed by atoms with Gasteiger partial charge in [0.2, 0.25) is 0 Å². The maximum absolute atomic E-state index is 11.6. The Bertz CT molecular complexity index is 363. The van der Waals surface area contributed by atoms with E-state index in [9.17, 15) is 19.8 Å². The highest BCUT2D eigenvalue weighted by atomic mass is 16.5. The second kappa shape index (κ2) is 6.70. The van der Waals surface area contributed by atoms with Crippen molar-refractivity contribution < 1.29 is 24.5 Å². The molecule has 1 aliphatic rings. The van der Waals surface area contributed by atoms with Crippen molar-refractivity contribution in [3.05, 3.63) is 12.2 Å². The average Bonchev–Trinajstić information content (AvgIpc) is 2.34. The standard InChI is InChI=1S/C14H22O5/c1-10(2)9-19-8-7-14(13(17)18)6-4-3-5-11(14)12(15)16/h11H,1,3-9H2,2H3,(H,15,16)(H,17,18). The largest absolute Gasteiger partial charge is 0.481 e. The lowest BCUT2D eigenvalue weighted by molar-refractivity contribution is -0.167. The number of aliphatic carboxylic acids is 2. The summed E-state index contributed by atoms with van der Waals surface area (Å²) in [6, 6.07) is 0. The number of hydrogen-bond donors (Lipinski definition) is 2. The molecule has 5 heteroatoms. The van der Waals surface area contributed by atoms with Gasteiger partial charge in [-0.3, -0.25) is 9.59 Å². The molecule has 1 rings (SSSR count). The van der Waals surface area contributed by atoms with Gasteiger partial charge in [-0.05, 0) is 26.2 Å². The van der Waals surface area contributed by atoms with Crippen LogP contribution in [0, 0.1) is 11.3 Å². The molecular weight excluding hydrogens is 248 g/mol. The molecule has 1 saturated carbocycles. The highest BCUT2D eigenvalue weighted by Gasteiger charge is 2.50. The van der Waals surface area contributed by atoms with Gasteiger partial charge in [0.25, 0.3) is 0 Å². The minimum absolute atomic E-state index is 0.243. The van der Waals surface area contributed by atoms with Crippen molar-refractivity contribution in [1.82, 2.24) is 0 Å². The Kier molecular flexibility index (Phi) is 5.54. The van der Waals surface area contributed by atoms with Gasteiger partial charge in [0, 0.05) is 6.61 Å². The lowest BCUT2D eigenvalue weighted by atomic mass is 9.64. The van der Waals surface area contributed by atoms with E-state index in [1.807, 2.05) is 6.92 Å². The fourth-order valence-electron chi connectivity index (χ4n) is 2.76. The maximum atomic E-state index is 11.6. The molecule has 19 heavy (non-hydrogen) atoms. The van der Waals surface area contributed by atoms with Gasteiger partial charge >= 0.3 is 11.9 Å². The van der Waals surface area contributed by atoms with E-state index >= 15 is 0 Å². The second-order valence-electron chi connectivity index (χ2n) is 5.36. The molecule has 2 atom stereocenters. The van der Waals surface area contributed by atoms with Crippen LogP contribution in [0.15, 0.2) is 12.2 Å². The van der Waals surface area contributed by atoms with E-state index in [1.165, 1.54) is 0 Å². The Hall–Kier alpha value is -1.36. The summed E-state index contributed by atoms with van der Waals surface area (Å²) in [4.78, 5) is 22.9. The van der Waals surface area contributed by atoms with Crippen LogP contribution in [0.1, 0.15) is 39.0 Å². The van der Waals surface area contributed by atoms with Crippen molar-refractivity contribution in [2.45, 2.75) is 39.0 Å². The molecule has 2 unspecified atom stereocenters. The average molecular weight is 270 g/mol. The topological polar surface area (TPSA) is 83.8 Å². The normalized spacial score (nSPS) is 26.9. The van der Waals surface area contributed by atoms with Crippen molar-refractivity contribution in [2.24, 2.45) is 11.3 Å². The van der Waals surface area contributed by atoms with Gasteiger partial charge in [-0.15, -0.1) is 0 Å². The van der Waals surface area contributed by atoms with Crippen LogP contribution in [0.3, 0.4) is 0 Å². The molecular formula is C14H22O5. The van der Waals surface area contributed by atoms with E-state index in [1.54, 1.807) is 0 Å². The zero-order valence-corrected chi connectivity index (χ0v) is 11.4. The van der Waals surface area contributed by atoms with Gasteiger partial charge in [-0.25, -0.2) is 0 Å². The number of carboxylic acids is 2. The molecule has 1 aliphatic carbocycles. The van der Waals surface area contributed by atoms with Crippen LogP contribution < -0.4 is 0 Å². The molecule has 0 aromatic heterocycles. The predicted octanol–water partition coefficient (Wildman–Crippen LogP) is 2.32. The van der Waals surface area contributed by atoms with Crippen LogP contribution >= 0.6 is 0 Å². The van der Waals surface area contributed by atoms with Crippen molar-refractivity contribution in [1.29, 1.82) is 0 Å². The van der Waals surface area contributed by atoms with Crippen LogP contribution in [0.5, 0.6) is 0 Å². The Morgan fingerprint density at radius 1 is 1.37 bits per heavy atom. The van der Waals surface area contributed by atoms with E-state index in [-0.39, 0.29) is 13.0 Å². The van der Waals surface area contributed by atoms with Crippen LogP contribution in [-0.4, -0.2) is 35.4 Å². The van der Waals surface area contributed by atoms with Crippen molar-refractivity contribution >= 4 is 11.9 Å². The molecule has 0 aromatic carbocycles. The van der Waals surface area contributed by atoms with Gasteiger partial charge in [-0.1, -0.05) is 25.0 Å². The quantitative estimate of drug-likeness (QED) is 0.548. The SMILES string of the molecule is C=C(C)COCCC1(C(=O)O)CCCCC1C(=O)O. The van der Waals surface area contributed by atoms with Crippen molar-refractivity contribution in [3.8, 4) is 0 Å². The second-order valence-corrected chi connectivity index (χ2v) is 5.36. The van der Waals surface area contributed by atoms with Crippen LogP contribution in [0.25, 0.3) is 0 Å². The molecule has 0 saturated heterocycles. The van der Waals surface area contributed by atoms with Crippen LogP contribution in [-0.2, 0) is 14.3 Å². The summed E-state index contributed by atoms with van der Waals surface area (Å²) in [5.74, 6) is -2.84. The van der Waals surface area contributed by atoms with E-state index in [2.05, 4.69) is 6.58 Å². The summed E-state index contributed by atoms with van der Waals surface area (Å²) in [5, 5.41) is 18.7. The van der Waals surface area contributed by atoms with E-state index < -0.39 is 23.3 Å². The Labute approximate surface area is 113 Å². The molecule has 2 N–H and O–H groups in total.